The molecule has 1 N–H and O–H groups in total. The van der Waals surface area contributed by atoms with E-state index in [0.717, 1.165) is 18.4 Å². The summed E-state index contributed by atoms with van der Waals surface area (Å²) in [6.07, 6.45) is 2.04. The lowest BCUT2D eigenvalue weighted by atomic mass is 10.0. The molecule has 3 rings (SSSR count). The molecule has 0 aliphatic rings. The molecule has 0 aliphatic carbocycles. The van der Waals surface area contributed by atoms with E-state index in [1.807, 2.05) is 37.3 Å². The predicted molar refractivity (Wildman–Crippen MR) is 141 cm³/mol. The molecule has 0 bridgehead atoms. The lowest BCUT2D eigenvalue weighted by Crippen LogP contribution is -2.51. The van der Waals surface area contributed by atoms with Crippen molar-refractivity contribution in [3.8, 4) is 5.75 Å². The summed E-state index contributed by atoms with van der Waals surface area (Å²) in [5, 5.41) is 3.68. The van der Waals surface area contributed by atoms with Crippen molar-refractivity contribution in [2.75, 3.05) is 13.2 Å². The molecule has 0 spiro atoms. The summed E-state index contributed by atoms with van der Waals surface area (Å²) in [4.78, 5) is 28.3. The summed E-state index contributed by atoms with van der Waals surface area (Å²) < 4.78 is 19.6. The van der Waals surface area contributed by atoms with Crippen LogP contribution in [0.2, 0.25) is 10.0 Å². The molecule has 0 aromatic heterocycles. The van der Waals surface area contributed by atoms with Gasteiger partial charge >= 0.3 is 0 Å². The zero-order valence-electron chi connectivity index (χ0n) is 20.1. The Morgan fingerprint density at radius 3 is 2.39 bits per heavy atom. The number of halogens is 3. The summed E-state index contributed by atoms with van der Waals surface area (Å²) in [6.45, 7) is 2.19. The van der Waals surface area contributed by atoms with Crippen molar-refractivity contribution in [1.29, 1.82) is 0 Å². The van der Waals surface area contributed by atoms with E-state index in [1.165, 1.54) is 23.1 Å². The van der Waals surface area contributed by atoms with E-state index in [0.29, 0.717) is 28.6 Å². The van der Waals surface area contributed by atoms with Gasteiger partial charge in [0.2, 0.25) is 5.91 Å². The maximum Gasteiger partial charge on any atom is 0.261 e. The van der Waals surface area contributed by atoms with Crippen molar-refractivity contribution >= 4 is 35.0 Å². The van der Waals surface area contributed by atoms with Crippen LogP contribution in [0.15, 0.2) is 72.8 Å². The first-order valence-electron chi connectivity index (χ1n) is 11.8. The summed E-state index contributed by atoms with van der Waals surface area (Å²) >= 11 is 12.3. The minimum atomic E-state index is -0.824. The first kappa shape index (κ1) is 27.5. The van der Waals surface area contributed by atoms with Gasteiger partial charge in [0, 0.05) is 19.5 Å². The van der Waals surface area contributed by atoms with Crippen LogP contribution in [0.5, 0.6) is 5.75 Å². The molecule has 0 saturated carbocycles. The zero-order chi connectivity index (χ0) is 25.9. The molecule has 1 unspecified atom stereocenters. The van der Waals surface area contributed by atoms with Crippen LogP contribution in [-0.4, -0.2) is 35.9 Å². The number of rotatable bonds is 12. The van der Waals surface area contributed by atoms with Gasteiger partial charge in [-0.15, -0.1) is 0 Å². The second-order valence-electron chi connectivity index (χ2n) is 8.34. The van der Waals surface area contributed by atoms with Crippen molar-refractivity contribution in [2.24, 2.45) is 0 Å². The fourth-order valence-electron chi connectivity index (χ4n) is 3.68. The van der Waals surface area contributed by atoms with E-state index >= 15 is 0 Å². The quantitative estimate of drug-likeness (QED) is 0.289. The highest BCUT2D eigenvalue weighted by Gasteiger charge is 2.30. The molecule has 8 heteroatoms. The molecule has 0 radical (unpaired) electrons. The average molecular weight is 531 g/mol. The monoisotopic (exact) mass is 530 g/mol. The summed E-state index contributed by atoms with van der Waals surface area (Å²) in [5.41, 5.74) is 1.60. The summed E-state index contributed by atoms with van der Waals surface area (Å²) in [5.74, 6) is -1.34. The van der Waals surface area contributed by atoms with Gasteiger partial charge in [0.15, 0.2) is 18.2 Å². The maximum atomic E-state index is 14.1. The van der Waals surface area contributed by atoms with Gasteiger partial charge in [0.05, 0.1) is 10.0 Å². The van der Waals surface area contributed by atoms with Gasteiger partial charge in [-0.2, -0.15) is 0 Å². The molecule has 3 aromatic carbocycles. The fraction of sp³-hybridized carbons (Fsp3) is 0.286. The standard InChI is InChI=1S/C28H29Cl2FN2O3/c1-2-3-15-32-28(35)25(17-20-9-5-4-6-10-20)33(18-21-13-14-22(29)23(30)16-21)27(34)19-36-26-12-8-7-11-24(26)31/h4-14,16,25H,2-3,15,17-19H2,1H3,(H,32,35). The first-order valence-corrected chi connectivity index (χ1v) is 12.6. The molecular weight excluding hydrogens is 502 g/mol. The number of benzene rings is 3. The van der Waals surface area contributed by atoms with Gasteiger partial charge in [0.25, 0.3) is 5.91 Å². The van der Waals surface area contributed by atoms with Gasteiger partial charge in [-0.3, -0.25) is 9.59 Å². The van der Waals surface area contributed by atoms with E-state index in [4.69, 9.17) is 27.9 Å². The molecule has 3 aromatic rings. The molecule has 36 heavy (non-hydrogen) atoms. The number of amides is 2. The van der Waals surface area contributed by atoms with Crippen molar-refractivity contribution in [1.82, 2.24) is 10.2 Å². The SMILES string of the molecule is CCCCNC(=O)C(Cc1ccccc1)N(Cc1ccc(Cl)c(Cl)c1)C(=O)COc1ccccc1F. The number of carbonyl (C=O) groups excluding carboxylic acids is 2. The number of ether oxygens (including phenoxy) is 1. The Bertz CT molecular complexity index is 1160. The molecule has 0 fully saturated rings. The number of para-hydroxylation sites is 1. The third-order valence-corrected chi connectivity index (χ3v) is 6.36. The lowest BCUT2D eigenvalue weighted by molar-refractivity contribution is -0.142. The third-order valence-electron chi connectivity index (χ3n) is 5.63. The van der Waals surface area contributed by atoms with Crippen molar-refractivity contribution in [2.45, 2.75) is 38.8 Å². The Morgan fingerprint density at radius 2 is 1.69 bits per heavy atom. The smallest absolute Gasteiger partial charge is 0.261 e. The van der Waals surface area contributed by atoms with E-state index in [2.05, 4.69) is 5.32 Å². The largest absolute Gasteiger partial charge is 0.481 e. The second kappa shape index (κ2) is 13.9. The second-order valence-corrected chi connectivity index (χ2v) is 9.15. The van der Waals surface area contributed by atoms with Crippen LogP contribution in [0.1, 0.15) is 30.9 Å². The van der Waals surface area contributed by atoms with Gasteiger partial charge in [-0.1, -0.05) is 85.1 Å². The molecule has 5 nitrogen and oxygen atoms in total. The minimum Gasteiger partial charge on any atom is -0.481 e. The summed E-state index contributed by atoms with van der Waals surface area (Å²) in [7, 11) is 0. The van der Waals surface area contributed by atoms with Crippen LogP contribution in [0.4, 0.5) is 4.39 Å². The topological polar surface area (TPSA) is 58.6 Å². The molecule has 0 heterocycles. The molecule has 190 valence electrons. The van der Waals surface area contributed by atoms with Gasteiger partial charge in [-0.05, 0) is 41.8 Å². The Hall–Kier alpha value is -3.09. The number of hydrogen-bond donors (Lipinski definition) is 1. The maximum absolute atomic E-state index is 14.1. The van der Waals surface area contributed by atoms with Crippen molar-refractivity contribution < 1.29 is 18.7 Å². The van der Waals surface area contributed by atoms with Gasteiger partial charge < -0.3 is 15.0 Å². The number of hydrogen-bond acceptors (Lipinski definition) is 3. The minimum absolute atomic E-state index is 0.0349. The van der Waals surface area contributed by atoms with Gasteiger partial charge in [0.1, 0.15) is 6.04 Å². The Balaban J connectivity index is 1.91. The van der Waals surface area contributed by atoms with Crippen LogP contribution >= 0.6 is 23.2 Å². The highest BCUT2D eigenvalue weighted by Crippen LogP contribution is 2.24. The number of unbranched alkanes of at least 4 members (excludes halogenated alkanes) is 1. The van der Waals surface area contributed by atoms with E-state index in [-0.39, 0.29) is 18.2 Å². The normalized spacial score (nSPS) is 11.6. The lowest BCUT2D eigenvalue weighted by Gasteiger charge is -2.31. The van der Waals surface area contributed by atoms with Gasteiger partial charge in [-0.25, -0.2) is 4.39 Å². The molecule has 0 saturated heterocycles. The van der Waals surface area contributed by atoms with E-state index < -0.39 is 24.4 Å². The Kier molecular flexibility index (Phi) is 10.6. The first-order chi connectivity index (χ1) is 17.4. The Morgan fingerprint density at radius 1 is 0.972 bits per heavy atom. The number of nitrogens with one attached hydrogen (secondary N) is 1. The summed E-state index contributed by atoms with van der Waals surface area (Å²) in [6, 6.07) is 19.6. The zero-order valence-corrected chi connectivity index (χ0v) is 21.6. The average Bonchev–Trinajstić information content (AvgIpc) is 2.88. The number of nitrogens with zero attached hydrogens (tertiary/aromatic N) is 1. The fourth-order valence-corrected chi connectivity index (χ4v) is 4.00. The third kappa shape index (κ3) is 7.97. The predicted octanol–water partition coefficient (Wildman–Crippen LogP) is 6.07. The van der Waals surface area contributed by atoms with Crippen LogP contribution in [0.3, 0.4) is 0 Å². The van der Waals surface area contributed by atoms with E-state index in [1.54, 1.807) is 24.3 Å². The van der Waals surface area contributed by atoms with Crippen LogP contribution in [0, 0.1) is 5.82 Å². The Labute approximate surface area is 221 Å². The van der Waals surface area contributed by atoms with Crippen LogP contribution < -0.4 is 10.1 Å². The van der Waals surface area contributed by atoms with Crippen LogP contribution in [0.25, 0.3) is 0 Å². The highest BCUT2D eigenvalue weighted by molar-refractivity contribution is 6.42. The molecular formula is C28H29Cl2FN2O3. The molecule has 0 aliphatic heterocycles. The highest BCUT2D eigenvalue weighted by atomic mass is 35.5. The number of carbonyl (C=O) groups is 2. The van der Waals surface area contributed by atoms with Crippen molar-refractivity contribution in [3.63, 3.8) is 0 Å². The molecule has 2 amide bonds. The van der Waals surface area contributed by atoms with E-state index in [9.17, 15) is 14.0 Å². The molecule has 1 atom stereocenters. The van der Waals surface area contributed by atoms with Crippen LogP contribution in [-0.2, 0) is 22.6 Å². The van der Waals surface area contributed by atoms with Crippen molar-refractivity contribution in [3.05, 3.63) is 99.8 Å².